The van der Waals surface area contributed by atoms with E-state index in [0.717, 1.165) is 12.8 Å². The van der Waals surface area contributed by atoms with Gasteiger partial charge in [0.25, 0.3) is 0 Å². The molecule has 2 heterocycles. The fraction of sp³-hybridized carbons (Fsp3) is 0.727. The molecule has 2 rings (SSSR count). The Bertz CT molecular complexity index is 432. The number of methoxy groups -OCH3 is 1. The zero-order valence-corrected chi connectivity index (χ0v) is 10.5. The van der Waals surface area contributed by atoms with E-state index in [1.165, 1.54) is 7.11 Å². The summed E-state index contributed by atoms with van der Waals surface area (Å²) in [6, 6.07) is 0. The molecule has 0 aromatic carbocycles. The van der Waals surface area contributed by atoms with Crippen molar-refractivity contribution in [3.8, 4) is 0 Å². The van der Waals surface area contributed by atoms with Crippen molar-refractivity contribution in [3.63, 3.8) is 0 Å². The van der Waals surface area contributed by atoms with Crippen LogP contribution in [0, 0.1) is 0 Å². The largest absolute Gasteiger partial charge is 0.476 e. The van der Waals surface area contributed by atoms with Crippen LogP contribution in [-0.4, -0.2) is 45.4 Å². The summed E-state index contributed by atoms with van der Waals surface area (Å²) in [5.74, 6) is -1.09. The summed E-state index contributed by atoms with van der Waals surface area (Å²) in [4.78, 5) is 11.0. The number of aromatic carboxylic acids is 1. The SMILES string of the molecule is COCc1c(C(=O)O)nnn1CC1CCC(C)O1. The van der Waals surface area contributed by atoms with Crippen LogP contribution >= 0.6 is 0 Å². The van der Waals surface area contributed by atoms with Gasteiger partial charge in [-0.3, -0.25) is 0 Å². The fourth-order valence-electron chi connectivity index (χ4n) is 2.14. The standard InChI is InChI=1S/C11H17N3O4/c1-7-3-4-8(18-7)5-14-9(6-17-2)10(11(15)16)12-13-14/h7-8H,3-6H2,1-2H3,(H,15,16). The number of ether oxygens (including phenoxy) is 2. The average Bonchev–Trinajstić information content (AvgIpc) is 2.88. The maximum atomic E-state index is 11.0. The Labute approximate surface area is 105 Å². The van der Waals surface area contributed by atoms with E-state index in [2.05, 4.69) is 10.3 Å². The van der Waals surface area contributed by atoms with E-state index in [0.29, 0.717) is 12.2 Å². The van der Waals surface area contributed by atoms with Crippen molar-refractivity contribution in [2.75, 3.05) is 7.11 Å². The highest BCUT2D eigenvalue weighted by Crippen LogP contribution is 2.21. The van der Waals surface area contributed by atoms with Crippen LogP contribution < -0.4 is 0 Å². The third kappa shape index (κ3) is 2.68. The highest BCUT2D eigenvalue weighted by atomic mass is 16.5. The number of rotatable bonds is 5. The van der Waals surface area contributed by atoms with Gasteiger partial charge in [0.2, 0.25) is 0 Å². The van der Waals surface area contributed by atoms with E-state index in [1.54, 1.807) is 4.68 Å². The predicted molar refractivity (Wildman–Crippen MR) is 61.3 cm³/mol. The molecule has 0 amide bonds. The van der Waals surface area contributed by atoms with Crippen molar-refractivity contribution in [1.82, 2.24) is 15.0 Å². The molecule has 1 aliphatic rings. The molecular weight excluding hydrogens is 238 g/mol. The zero-order chi connectivity index (χ0) is 13.1. The molecule has 0 aliphatic carbocycles. The van der Waals surface area contributed by atoms with Gasteiger partial charge in [0.15, 0.2) is 5.69 Å². The maximum Gasteiger partial charge on any atom is 0.358 e. The van der Waals surface area contributed by atoms with Crippen LogP contribution in [0.2, 0.25) is 0 Å². The van der Waals surface area contributed by atoms with Crippen LogP contribution in [0.4, 0.5) is 0 Å². The second kappa shape index (κ2) is 5.45. The maximum absolute atomic E-state index is 11.0. The molecule has 0 radical (unpaired) electrons. The second-order valence-corrected chi connectivity index (χ2v) is 4.45. The Morgan fingerprint density at radius 2 is 2.39 bits per heavy atom. The average molecular weight is 255 g/mol. The van der Waals surface area contributed by atoms with E-state index in [4.69, 9.17) is 14.6 Å². The third-order valence-corrected chi connectivity index (χ3v) is 3.02. The first-order valence-corrected chi connectivity index (χ1v) is 5.92. The smallest absolute Gasteiger partial charge is 0.358 e. The van der Waals surface area contributed by atoms with Crippen molar-refractivity contribution in [3.05, 3.63) is 11.4 Å². The Morgan fingerprint density at radius 1 is 1.61 bits per heavy atom. The minimum atomic E-state index is -1.09. The third-order valence-electron chi connectivity index (χ3n) is 3.02. The molecular formula is C11H17N3O4. The lowest BCUT2D eigenvalue weighted by Crippen LogP contribution is -2.20. The minimum Gasteiger partial charge on any atom is -0.476 e. The van der Waals surface area contributed by atoms with Crippen molar-refractivity contribution in [1.29, 1.82) is 0 Å². The van der Waals surface area contributed by atoms with Gasteiger partial charge in [0, 0.05) is 7.11 Å². The monoisotopic (exact) mass is 255 g/mol. The zero-order valence-electron chi connectivity index (χ0n) is 10.5. The Morgan fingerprint density at radius 3 is 2.94 bits per heavy atom. The van der Waals surface area contributed by atoms with Crippen LogP contribution in [0.15, 0.2) is 0 Å². The molecule has 0 bridgehead atoms. The number of hydrogen-bond acceptors (Lipinski definition) is 5. The Balaban J connectivity index is 2.14. The fourth-order valence-corrected chi connectivity index (χ4v) is 2.14. The molecule has 1 fully saturated rings. The summed E-state index contributed by atoms with van der Waals surface area (Å²) in [6.45, 7) is 2.72. The summed E-state index contributed by atoms with van der Waals surface area (Å²) in [6.07, 6.45) is 2.29. The number of aromatic nitrogens is 3. The summed E-state index contributed by atoms with van der Waals surface area (Å²) < 4.78 is 12.3. The number of hydrogen-bond donors (Lipinski definition) is 1. The Hall–Kier alpha value is -1.47. The van der Waals surface area contributed by atoms with E-state index < -0.39 is 5.97 Å². The van der Waals surface area contributed by atoms with Crippen molar-refractivity contribution >= 4 is 5.97 Å². The first-order valence-electron chi connectivity index (χ1n) is 5.92. The lowest BCUT2D eigenvalue weighted by Gasteiger charge is -2.12. The van der Waals surface area contributed by atoms with Gasteiger partial charge in [-0.2, -0.15) is 0 Å². The van der Waals surface area contributed by atoms with Crippen LogP contribution in [0.3, 0.4) is 0 Å². The number of nitrogens with zero attached hydrogens (tertiary/aromatic N) is 3. The topological polar surface area (TPSA) is 86.5 Å². The first-order chi connectivity index (χ1) is 8.61. The molecule has 2 atom stereocenters. The minimum absolute atomic E-state index is 0.0529. The van der Waals surface area contributed by atoms with Crippen molar-refractivity contribution in [2.24, 2.45) is 0 Å². The molecule has 7 nitrogen and oxygen atoms in total. The quantitative estimate of drug-likeness (QED) is 0.833. The van der Waals surface area contributed by atoms with Crippen LogP contribution in [0.25, 0.3) is 0 Å². The first kappa shape index (κ1) is 13.0. The molecule has 2 unspecified atom stereocenters. The number of carbonyl (C=O) groups is 1. The van der Waals surface area contributed by atoms with E-state index in [9.17, 15) is 4.79 Å². The number of carboxylic acid groups (broad SMARTS) is 1. The van der Waals surface area contributed by atoms with Crippen LogP contribution in [-0.2, 0) is 22.6 Å². The van der Waals surface area contributed by atoms with Gasteiger partial charge in [-0.05, 0) is 19.8 Å². The van der Waals surface area contributed by atoms with Gasteiger partial charge in [0.05, 0.1) is 31.1 Å². The summed E-state index contributed by atoms with van der Waals surface area (Å²) in [5, 5.41) is 16.5. The number of carboxylic acids is 1. The molecule has 0 spiro atoms. The van der Waals surface area contributed by atoms with Crippen molar-refractivity contribution < 1.29 is 19.4 Å². The van der Waals surface area contributed by atoms with Gasteiger partial charge in [-0.25, -0.2) is 9.48 Å². The molecule has 100 valence electrons. The molecule has 1 aromatic rings. The molecule has 1 aromatic heterocycles. The summed E-state index contributed by atoms with van der Waals surface area (Å²) in [7, 11) is 1.51. The van der Waals surface area contributed by atoms with E-state index in [1.807, 2.05) is 6.92 Å². The van der Waals surface area contributed by atoms with Gasteiger partial charge in [0.1, 0.15) is 0 Å². The molecule has 18 heavy (non-hydrogen) atoms. The normalized spacial score (nSPS) is 23.4. The molecule has 1 saturated heterocycles. The lowest BCUT2D eigenvalue weighted by molar-refractivity contribution is 0.0416. The Kier molecular flexibility index (Phi) is 3.93. The van der Waals surface area contributed by atoms with E-state index in [-0.39, 0.29) is 24.5 Å². The van der Waals surface area contributed by atoms with Crippen LogP contribution in [0.5, 0.6) is 0 Å². The van der Waals surface area contributed by atoms with Gasteiger partial charge in [-0.15, -0.1) is 5.10 Å². The van der Waals surface area contributed by atoms with Gasteiger partial charge >= 0.3 is 5.97 Å². The predicted octanol–water partition coefficient (Wildman–Crippen LogP) is 0.690. The second-order valence-electron chi connectivity index (χ2n) is 4.45. The van der Waals surface area contributed by atoms with E-state index >= 15 is 0 Å². The molecule has 7 heteroatoms. The molecule has 1 N–H and O–H groups in total. The van der Waals surface area contributed by atoms with Crippen LogP contribution in [0.1, 0.15) is 35.9 Å². The summed E-state index contributed by atoms with van der Waals surface area (Å²) >= 11 is 0. The van der Waals surface area contributed by atoms with Gasteiger partial charge in [-0.1, -0.05) is 5.21 Å². The van der Waals surface area contributed by atoms with Gasteiger partial charge < -0.3 is 14.6 Å². The molecule has 0 saturated carbocycles. The van der Waals surface area contributed by atoms with Crippen molar-refractivity contribution in [2.45, 2.75) is 45.1 Å². The molecule has 1 aliphatic heterocycles. The highest BCUT2D eigenvalue weighted by molar-refractivity contribution is 5.86. The lowest BCUT2D eigenvalue weighted by atomic mass is 10.2. The summed E-state index contributed by atoms with van der Waals surface area (Å²) in [5.41, 5.74) is 0.427. The highest BCUT2D eigenvalue weighted by Gasteiger charge is 2.25.